The number of nitriles is 1. The summed E-state index contributed by atoms with van der Waals surface area (Å²) >= 11 is 0. The van der Waals surface area contributed by atoms with Gasteiger partial charge in [0.2, 0.25) is 0 Å². The quantitative estimate of drug-likeness (QED) is 0.880. The van der Waals surface area contributed by atoms with Gasteiger partial charge in [0.05, 0.1) is 12.4 Å². The van der Waals surface area contributed by atoms with Gasteiger partial charge in [-0.3, -0.25) is 9.58 Å². The van der Waals surface area contributed by atoms with Gasteiger partial charge < -0.3 is 14.4 Å². The molecular weight excluding hydrogens is 294 g/mol. The first kappa shape index (κ1) is 15.6. The van der Waals surface area contributed by atoms with E-state index in [0.29, 0.717) is 31.1 Å². The summed E-state index contributed by atoms with van der Waals surface area (Å²) in [5.74, 6) is 0.684. The van der Waals surface area contributed by atoms with Crippen LogP contribution in [-0.4, -0.2) is 49.7 Å². The number of rotatable bonds is 5. The Kier molecular flexibility index (Phi) is 4.37. The lowest BCUT2D eigenvalue weighted by Gasteiger charge is -2.15. The van der Waals surface area contributed by atoms with E-state index < -0.39 is 6.10 Å². The molecule has 1 N–H and O–H groups in total. The molecule has 0 unspecified atom stereocenters. The fourth-order valence-corrected chi connectivity index (χ4v) is 2.92. The summed E-state index contributed by atoms with van der Waals surface area (Å²) < 4.78 is 9.46. The topological polar surface area (TPSA) is 79.2 Å². The van der Waals surface area contributed by atoms with Gasteiger partial charge in [-0.25, -0.2) is 0 Å². The lowest BCUT2D eigenvalue weighted by molar-refractivity contribution is 0.0736. The molecule has 3 rings (SSSR count). The number of β-amino-alcohol motifs (C(OH)–C–C–N with tert-alkyl or cyclic N) is 1. The second-order valence-electron chi connectivity index (χ2n) is 5.91. The maximum absolute atomic E-state index is 10.2. The van der Waals surface area contributed by atoms with Crippen LogP contribution in [0, 0.1) is 11.3 Å². The van der Waals surface area contributed by atoms with E-state index in [1.54, 1.807) is 10.9 Å². The van der Waals surface area contributed by atoms with Crippen LogP contribution in [0.5, 0.6) is 5.75 Å². The number of aliphatic hydroxyl groups is 1. The van der Waals surface area contributed by atoms with Crippen LogP contribution >= 0.6 is 0 Å². The third-order valence-electron chi connectivity index (χ3n) is 4.12. The Morgan fingerprint density at radius 3 is 2.91 bits per heavy atom. The smallest absolute Gasteiger partial charge is 0.157 e. The van der Waals surface area contributed by atoms with Crippen LogP contribution in [-0.2, 0) is 20.1 Å². The molecule has 0 saturated carbocycles. The molecule has 7 nitrogen and oxygen atoms in total. The Morgan fingerprint density at radius 1 is 1.43 bits per heavy atom. The number of hydrogen-bond acceptors (Lipinski definition) is 5. The molecule has 2 atom stereocenters. The Labute approximate surface area is 135 Å². The van der Waals surface area contributed by atoms with Crippen LogP contribution in [0.4, 0.5) is 0 Å². The molecule has 2 aromatic rings. The fourth-order valence-electron chi connectivity index (χ4n) is 2.92. The minimum absolute atomic E-state index is 0.261. The largest absolute Gasteiger partial charge is 0.483 e. The molecule has 1 aliphatic rings. The van der Waals surface area contributed by atoms with Crippen molar-refractivity contribution in [3.63, 3.8) is 0 Å². The zero-order valence-electron chi connectivity index (χ0n) is 13.4. The Bertz CT molecular complexity index is 714. The van der Waals surface area contributed by atoms with E-state index >= 15 is 0 Å². The molecule has 23 heavy (non-hydrogen) atoms. The van der Waals surface area contributed by atoms with E-state index in [2.05, 4.69) is 16.1 Å². The van der Waals surface area contributed by atoms with Crippen molar-refractivity contribution in [2.75, 3.05) is 13.1 Å². The summed E-state index contributed by atoms with van der Waals surface area (Å²) in [6.45, 7) is 4.70. The molecule has 3 heterocycles. The molecular formula is C16H21N5O2. The highest BCUT2D eigenvalue weighted by Crippen LogP contribution is 2.20. The molecule has 0 amide bonds. The van der Waals surface area contributed by atoms with Crippen molar-refractivity contribution in [3.05, 3.63) is 35.9 Å². The van der Waals surface area contributed by atoms with Gasteiger partial charge >= 0.3 is 0 Å². The molecule has 7 heteroatoms. The summed E-state index contributed by atoms with van der Waals surface area (Å²) in [6.07, 6.45) is 4.67. The standard InChI is InChI=1S/C16H21N5O2/c1-3-21-9-14(6-18-21)23-16-11-20(10-15(16)22)8-12-4-13(5-17)19(2)7-12/h4,6-7,9,15-16,22H,3,8,10-11H2,1-2H3/t15-,16-/m1/s1. The summed E-state index contributed by atoms with van der Waals surface area (Å²) in [7, 11) is 1.86. The van der Waals surface area contributed by atoms with Gasteiger partial charge in [-0.1, -0.05) is 0 Å². The first-order valence-corrected chi connectivity index (χ1v) is 7.74. The zero-order valence-corrected chi connectivity index (χ0v) is 13.4. The van der Waals surface area contributed by atoms with E-state index in [0.717, 1.165) is 12.1 Å². The van der Waals surface area contributed by atoms with Crippen LogP contribution in [0.25, 0.3) is 0 Å². The van der Waals surface area contributed by atoms with E-state index in [-0.39, 0.29) is 6.10 Å². The normalized spacial score (nSPS) is 21.5. The van der Waals surface area contributed by atoms with Crippen molar-refractivity contribution in [2.45, 2.75) is 32.2 Å². The second kappa shape index (κ2) is 6.44. The Hall–Kier alpha value is -2.30. The van der Waals surface area contributed by atoms with Gasteiger partial charge in [-0.15, -0.1) is 0 Å². The number of aryl methyl sites for hydroxylation is 2. The minimum Gasteiger partial charge on any atom is -0.483 e. The van der Waals surface area contributed by atoms with Crippen molar-refractivity contribution < 1.29 is 9.84 Å². The number of nitrogens with zero attached hydrogens (tertiary/aromatic N) is 5. The highest BCUT2D eigenvalue weighted by molar-refractivity contribution is 5.28. The molecule has 2 aromatic heterocycles. The van der Waals surface area contributed by atoms with Gasteiger partial charge in [0.25, 0.3) is 0 Å². The third-order valence-corrected chi connectivity index (χ3v) is 4.12. The van der Waals surface area contributed by atoms with Crippen molar-refractivity contribution in [2.24, 2.45) is 7.05 Å². The van der Waals surface area contributed by atoms with Crippen LogP contribution in [0.15, 0.2) is 24.7 Å². The molecule has 0 aromatic carbocycles. The summed E-state index contributed by atoms with van der Waals surface area (Å²) in [5.41, 5.74) is 1.70. The Morgan fingerprint density at radius 2 is 2.26 bits per heavy atom. The molecule has 0 bridgehead atoms. The van der Waals surface area contributed by atoms with Crippen molar-refractivity contribution in [1.82, 2.24) is 19.2 Å². The molecule has 1 fully saturated rings. The van der Waals surface area contributed by atoms with Gasteiger partial charge in [-0.2, -0.15) is 10.4 Å². The van der Waals surface area contributed by atoms with Crippen LogP contribution in [0.2, 0.25) is 0 Å². The number of aliphatic hydroxyl groups excluding tert-OH is 1. The number of ether oxygens (including phenoxy) is 1. The van der Waals surface area contributed by atoms with Crippen LogP contribution in [0.1, 0.15) is 18.2 Å². The predicted octanol–water partition coefficient (Wildman–Crippen LogP) is 0.737. The average molecular weight is 315 g/mol. The SMILES string of the molecule is CCn1cc(O[C@@H]2CN(Cc3cc(C#N)n(C)c3)C[C@H]2O)cn1. The molecule has 0 aliphatic carbocycles. The number of aromatic nitrogens is 3. The lowest BCUT2D eigenvalue weighted by atomic mass is 10.2. The van der Waals surface area contributed by atoms with E-state index in [1.807, 2.05) is 37.0 Å². The molecule has 1 aliphatic heterocycles. The highest BCUT2D eigenvalue weighted by atomic mass is 16.5. The van der Waals surface area contributed by atoms with Crippen LogP contribution < -0.4 is 4.74 Å². The first-order valence-electron chi connectivity index (χ1n) is 7.74. The fraction of sp³-hybridized carbons (Fsp3) is 0.500. The van der Waals surface area contributed by atoms with Gasteiger partial charge in [0.1, 0.15) is 24.0 Å². The molecule has 1 saturated heterocycles. The lowest BCUT2D eigenvalue weighted by Crippen LogP contribution is -2.29. The maximum atomic E-state index is 10.2. The van der Waals surface area contributed by atoms with Gasteiger partial charge in [-0.05, 0) is 18.6 Å². The van der Waals surface area contributed by atoms with Crippen molar-refractivity contribution in [3.8, 4) is 11.8 Å². The molecule has 0 radical (unpaired) electrons. The number of likely N-dealkylation sites (tertiary alicyclic amines) is 1. The van der Waals surface area contributed by atoms with Crippen LogP contribution in [0.3, 0.4) is 0 Å². The summed E-state index contributed by atoms with van der Waals surface area (Å²) in [6, 6.07) is 4.04. The summed E-state index contributed by atoms with van der Waals surface area (Å²) in [4.78, 5) is 2.13. The minimum atomic E-state index is -0.529. The van der Waals surface area contributed by atoms with Crippen molar-refractivity contribution >= 4 is 0 Å². The van der Waals surface area contributed by atoms with E-state index in [4.69, 9.17) is 10.00 Å². The highest BCUT2D eigenvalue weighted by Gasteiger charge is 2.33. The van der Waals surface area contributed by atoms with E-state index in [1.165, 1.54) is 0 Å². The zero-order chi connectivity index (χ0) is 16.4. The predicted molar refractivity (Wildman–Crippen MR) is 83.7 cm³/mol. The molecule has 0 spiro atoms. The second-order valence-corrected chi connectivity index (χ2v) is 5.91. The molecule has 122 valence electrons. The number of hydrogen-bond donors (Lipinski definition) is 1. The van der Waals surface area contributed by atoms with Gasteiger partial charge in [0.15, 0.2) is 5.75 Å². The van der Waals surface area contributed by atoms with Crippen molar-refractivity contribution in [1.29, 1.82) is 5.26 Å². The van der Waals surface area contributed by atoms with Gasteiger partial charge in [0, 0.05) is 39.4 Å². The Balaban J connectivity index is 1.60. The summed E-state index contributed by atoms with van der Waals surface area (Å²) in [5, 5.41) is 23.4. The first-order chi connectivity index (χ1) is 11.1. The monoisotopic (exact) mass is 315 g/mol. The third kappa shape index (κ3) is 3.38. The van der Waals surface area contributed by atoms with E-state index in [9.17, 15) is 5.11 Å². The average Bonchev–Trinajstić information content (AvgIpc) is 3.20. The maximum Gasteiger partial charge on any atom is 0.157 e.